The zero-order chi connectivity index (χ0) is 19.4. The van der Waals surface area contributed by atoms with Crippen LogP contribution >= 0.6 is 0 Å². The standard InChI is InChI=1S/C20H19N5O2/c1-13(2)25(12-19-23-14(3)27-24-19)20(26)17-6-4-16(5-7-17)18-10-15(11-21)8-9-22-18/h4-10,13H,12H2,1-3H3. The lowest BCUT2D eigenvalue weighted by molar-refractivity contribution is 0.0683. The predicted molar refractivity (Wildman–Crippen MR) is 98.4 cm³/mol. The van der Waals surface area contributed by atoms with Crippen LogP contribution in [0.1, 0.15) is 41.5 Å². The molecular formula is C20H19N5O2. The molecule has 1 aromatic carbocycles. The van der Waals surface area contributed by atoms with E-state index in [0.717, 1.165) is 5.56 Å². The molecule has 3 aromatic rings. The number of carbonyl (C=O) groups excluding carboxylic acids is 1. The van der Waals surface area contributed by atoms with Crippen LogP contribution in [-0.2, 0) is 6.54 Å². The van der Waals surface area contributed by atoms with Crippen molar-refractivity contribution in [3.05, 3.63) is 65.4 Å². The molecule has 0 unspecified atom stereocenters. The normalized spacial score (nSPS) is 10.6. The molecule has 136 valence electrons. The average molecular weight is 361 g/mol. The molecule has 1 amide bonds. The molecule has 0 spiro atoms. The number of benzene rings is 1. The van der Waals surface area contributed by atoms with Gasteiger partial charge in [0.15, 0.2) is 5.82 Å². The van der Waals surface area contributed by atoms with E-state index in [9.17, 15) is 4.79 Å². The largest absolute Gasteiger partial charge is 0.340 e. The van der Waals surface area contributed by atoms with Crippen molar-refractivity contribution in [3.63, 3.8) is 0 Å². The highest BCUT2D eigenvalue weighted by molar-refractivity contribution is 5.94. The number of rotatable bonds is 5. The van der Waals surface area contributed by atoms with Crippen molar-refractivity contribution in [3.8, 4) is 17.3 Å². The molecule has 0 aliphatic heterocycles. The van der Waals surface area contributed by atoms with Crippen molar-refractivity contribution in [2.45, 2.75) is 33.4 Å². The smallest absolute Gasteiger partial charge is 0.254 e. The lowest BCUT2D eigenvalue weighted by Gasteiger charge is -2.25. The molecule has 0 bridgehead atoms. The third-order valence-electron chi connectivity index (χ3n) is 4.08. The number of nitriles is 1. The van der Waals surface area contributed by atoms with Gasteiger partial charge in [0.1, 0.15) is 0 Å². The number of hydrogen-bond acceptors (Lipinski definition) is 6. The molecule has 0 saturated carbocycles. The Balaban J connectivity index is 1.81. The molecule has 7 heteroatoms. The van der Waals surface area contributed by atoms with Crippen LogP contribution < -0.4 is 0 Å². The second kappa shape index (κ2) is 7.79. The Hall–Kier alpha value is -3.53. The SMILES string of the molecule is Cc1nc(CN(C(=O)c2ccc(-c3cc(C#N)ccn3)cc2)C(C)C)no1. The van der Waals surface area contributed by atoms with Gasteiger partial charge in [-0.2, -0.15) is 10.2 Å². The highest BCUT2D eigenvalue weighted by Crippen LogP contribution is 2.20. The number of aryl methyl sites for hydroxylation is 1. The lowest BCUT2D eigenvalue weighted by atomic mass is 10.1. The first-order valence-electron chi connectivity index (χ1n) is 8.54. The summed E-state index contributed by atoms with van der Waals surface area (Å²) in [6.07, 6.45) is 1.60. The van der Waals surface area contributed by atoms with Gasteiger partial charge >= 0.3 is 0 Å². The van der Waals surface area contributed by atoms with Gasteiger partial charge in [-0.1, -0.05) is 17.3 Å². The number of hydrogen-bond donors (Lipinski definition) is 0. The highest BCUT2D eigenvalue weighted by atomic mass is 16.5. The molecule has 0 radical (unpaired) electrons. The summed E-state index contributed by atoms with van der Waals surface area (Å²) in [6, 6.07) is 12.6. The molecular weight excluding hydrogens is 342 g/mol. The topological polar surface area (TPSA) is 95.9 Å². The highest BCUT2D eigenvalue weighted by Gasteiger charge is 2.21. The van der Waals surface area contributed by atoms with Crippen LogP contribution in [-0.4, -0.2) is 32.0 Å². The first-order valence-corrected chi connectivity index (χ1v) is 8.54. The summed E-state index contributed by atoms with van der Waals surface area (Å²) in [7, 11) is 0. The monoisotopic (exact) mass is 361 g/mol. The fourth-order valence-electron chi connectivity index (χ4n) is 2.65. The van der Waals surface area contributed by atoms with Gasteiger partial charge < -0.3 is 9.42 Å². The van der Waals surface area contributed by atoms with Gasteiger partial charge in [0.25, 0.3) is 5.91 Å². The summed E-state index contributed by atoms with van der Waals surface area (Å²) in [5, 5.41) is 12.9. The number of carbonyl (C=O) groups is 1. The Morgan fingerprint density at radius 1 is 1.26 bits per heavy atom. The molecule has 7 nitrogen and oxygen atoms in total. The van der Waals surface area contributed by atoms with Crippen LogP contribution in [0.25, 0.3) is 11.3 Å². The van der Waals surface area contributed by atoms with E-state index in [4.69, 9.17) is 9.78 Å². The van der Waals surface area contributed by atoms with Crippen LogP contribution in [0.5, 0.6) is 0 Å². The molecule has 2 heterocycles. The second-order valence-electron chi connectivity index (χ2n) is 6.38. The van der Waals surface area contributed by atoms with E-state index in [0.29, 0.717) is 28.5 Å². The fraction of sp³-hybridized carbons (Fsp3) is 0.250. The Morgan fingerprint density at radius 2 is 2.00 bits per heavy atom. The van der Waals surface area contributed by atoms with Gasteiger partial charge in [-0.15, -0.1) is 0 Å². The molecule has 0 atom stereocenters. The van der Waals surface area contributed by atoms with Crippen LogP contribution in [0.3, 0.4) is 0 Å². The van der Waals surface area contributed by atoms with Crippen LogP contribution in [0, 0.1) is 18.3 Å². The number of aromatic nitrogens is 3. The van der Waals surface area contributed by atoms with E-state index in [1.807, 2.05) is 26.0 Å². The number of nitrogens with zero attached hydrogens (tertiary/aromatic N) is 5. The van der Waals surface area contributed by atoms with Crippen molar-refractivity contribution in [2.75, 3.05) is 0 Å². The quantitative estimate of drug-likeness (QED) is 0.691. The minimum absolute atomic E-state index is 0.0232. The number of pyridine rings is 1. The van der Waals surface area contributed by atoms with E-state index < -0.39 is 0 Å². The molecule has 0 aliphatic carbocycles. The molecule has 27 heavy (non-hydrogen) atoms. The van der Waals surface area contributed by atoms with Crippen molar-refractivity contribution in [2.24, 2.45) is 0 Å². The average Bonchev–Trinajstić information content (AvgIpc) is 3.10. The summed E-state index contributed by atoms with van der Waals surface area (Å²) in [5.74, 6) is 0.832. The first kappa shape index (κ1) is 18.3. The Morgan fingerprint density at radius 3 is 2.59 bits per heavy atom. The molecule has 0 N–H and O–H groups in total. The van der Waals surface area contributed by atoms with E-state index in [-0.39, 0.29) is 18.5 Å². The molecule has 0 saturated heterocycles. The second-order valence-corrected chi connectivity index (χ2v) is 6.38. The van der Waals surface area contributed by atoms with Gasteiger partial charge in [0, 0.05) is 30.3 Å². The van der Waals surface area contributed by atoms with Crippen molar-refractivity contribution in [1.82, 2.24) is 20.0 Å². The maximum Gasteiger partial charge on any atom is 0.254 e. The third-order valence-corrected chi connectivity index (χ3v) is 4.08. The van der Waals surface area contributed by atoms with Crippen LogP contribution in [0.4, 0.5) is 0 Å². The van der Waals surface area contributed by atoms with Crippen LogP contribution in [0.15, 0.2) is 47.1 Å². The minimum atomic E-state index is -0.113. The Kier molecular flexibility index (Phi) is 5.27. The molecule has 2 aromatic heterocycles. The zero-order valence-corrected chi connectivity index (χ0v) is 15.4. The summed E-state index contributed by atoms with van der Waals surface area (Å²) in [6.45, 7) is 5.88. The van der Waals surface area contributed by atoms with Gasteiger partial charge in [-0.05, 0) is 38.1 Å². The van der Waals surface area contributed by atoms with Crippen molar-refractivity contribution in [1.29, 1.82) is 5.26 Å². The summed E-state index contributed by atoms with van der Waals surface area (Å²) in [5.41, 5.74) is 2.63. The summed E-state index contributed by atoms with van der Waals surface area (Å²) >= 11 is 0. The fourth-order valence-corrected chi connectivity index (χ4v) is 2.65. The summed E-state index contributed by atoms with van der Waals surface area (Å²) < 4.78 is 4.99. The Labute approximate surface area is 157 Å². The molecule has 0 aliphatic rings. The van der Waals surface area contributed by atoms with Crippen LogP contribution in [0.2, 0.25) is 0 Å². The van der Waals surface area contributed by atoms with E-state index in [1.54, 1.807) is 42.3 Å². The minimum Gasteiger partial charge on any atom is -0.340 e. The molecule has 0 fully saturated rings. The first-order chi connectivity index (χ1) is 13.0. The van der Waals surface area contributed by atoms with Gasteiger partial charge in [-0.25, -0.2) is 0 Å². The van der Waals surface area contributed by atoms with Crippen molar-refractivity contribution >= 4 is 5.91 Å². The number of amides is 1. The van der Waals surface area contributed by atoms with Gasteiger partial charge in [0.05, 0.1) is 23.9 Å². The van der Waals surface area contributed by atoms with E-state index in [2.05, 4.69) is 21.2 Å². The van der Waals surface area contributed by atoms with E-state index >= 15 is 0 Å². The summed E-state index contributed by atoms with van der Waals surface area (Å²) in [4.78, 5) is 23.1. The van der Waals surface area contributed by atoms with Gasteiger partial charge in [-0.3, -0.25) is 9.78 Å². The van der Waals surface area contributed by atoms with Crippen molar-refractivity contribution < 1.29 is 9.32 Å². The molecule has 3 rings (SSSR count). The Bertz CT molecular complexity index is 986. The maximum atomic E-state index is 12.9. The van der Waals surface area contributed by atoms with E-state index in [1.165, 1.54) is 0 Å². The predicted octanol–water partition coefficient (Wildman–Crippen LogP) is 3.36. The maximum absolute atomic E-state index is 12.9. The lowest BCUT2D eigenvalue weighted by Crippen LogP contribution is -2.36. The third kappa shape index (κ3) is 4.18. The zero-order valence-electron chi connectivity index (χ0n) is 15.4. The van der Waals surface area contributed by atoms with Gasteiger partial charge in [0.2, 0.25) is 5.89 Å².